The summed E-state index contributed by atoms with van der Waals surface area (Å²) < 4.78 is 4.97. The van der Waals surface area contributed by atoms with Crippen molar-refractivity contribution in [3.05, 3.63) is 29.8 Å². The van der Waals surface area contributed by atoms with E-state index in [1.807, 2.05) is 0 Å². The molecule has 1 aromatic rings. The number of rotatable bonds is 6. The van der Waals surface area contributed by atoms with E-state index < -0.39 is 11.4 Å². The number of anilines is 1. The molecule has 29 heavy (non-hydrogen) atoms. The summed E-state index contributed by atoms with van der Waals surface area (Å²) in [6, 6.07) is 6.56. The first-order valence-corrected chi connectivity index (χ1v) is 10.7. The van der Waals surface area contributed by atoms with Gasteiger partial charge >= 0.3 is 5.97 Å². The van der Waals surface area contributed by atoms with Gasteiger partial charge in [0.15, 0.2) is 0 Å². The summed E-state index contributed by atoms with van der Waals surface area (Å²) >= 11 is 6.80. The van der Waals surface area contributed by atoms with E-state index in [9.17, 15) is 14.4 Å². The number of alkyl halides is 1. The number of carbonyl (C=O) groups excluding carboxylic acids is 3. The lowest BCUT2D eigenvalue weighted by molar-refractivity contribution is -0.145. The molecule has 5 rings (SSSR count). The molecule has 156 valence electrons. The van der Waals surface area contributed by atoms with Crippen molar-refractivity contribution in [2.45, 2.75) is 50.3 Å². The molecule has 4 bridgehead atoms. The number of amides is 2. The molecule has 0 aromatic heterocycles. The molecule has 2 unspecified atom stereocenters. The molecule has 4 atom stereocenters. The molecule has 0 radical (unpaired) electrons. The van der Waals surface area contributed by atoms with Gasteiger partial charge in [-0.05, 0) is 75.5 Å². The van der Waals surface area contributed by atoms with Crippen molar-refractivity contribution >= 4 is 35.1 Å². The Morgan fingerprint density at radius 2 is 1.90 bits per heavy atom. The van der Waals surface area contributed by atoms with Crippen LogP contribution in [0.15, 0.2) is 24.3 Å². The second-order valence-corrected chi connectivity index (χ2v) is 9.73. The minimum Gasteiger partial charge on any atom is -0.462 e. The van der Waals surface area contributed by atoms with E-state index in [2.05, 4.69) is 10.6 Å². The monoisotopic (exact) mass is 418 g/mol. The van der Waals surface area contributed by atoms with Crippen molar-refractivity contribution in [3.8, 4) is 0 Å². The quantitative estimate of drug-likeness (QED) is 0.547. The Morgan fingerprint density at radius 1 is 1.17 bits per heavy atom. The van der Waals surface area contributed by atoms with Gasteiger partial charge in [-0.2, -0.15) is 0 Å². The number of hydrogen-bond donors (Lipinski definition) is 2. The van der Waals surface area contributed by atoms with Crippen molar-refractivity contribution in [1.29, 1.82) is 0 Å². The first kappa shape index (κ1) is 20.2. The summed E-state index contributed by atoms with van der Waals surface area (Å²) in [5.74, 6) is 0.239. The van der Waals surface area contributed by atoms with Crippen molar-refractivity contribution in [1.82, 2.24) is 5.32 Å². The first-order chi connectivity index (χ1) is 13.8. The van der Waals surface area contributed by atoms with Gasteiger partial charge < -0.3 is 15.4 Å². The van der Waals surface area contributed by atoms with Gasteiger partial charge in [-0.3, -0.25) is 9.59 Å². The number of ether oxygens (including phenoxy) is 1. The number of hydrogen-bond acceptors (Lipinski definition) is 4. The van der Waals surface area contributed by atoms with Gasteiger partial charge in [-0.15, -0.1) is 11.6 Å². The molecule has 2 amide bonds. The van der Waals surface area contributed by atoms with E-state index in [0.717, 1.165) is 25.7 Å². The lowest BCUT2D eigenvalue weighted by Gasteiger charge is -2.59. The van der Waals surface area contributed by atoms with Crippen LogP contribution in [-0.2, 0) is 14.3 Å². The van der Waals surface area contributed by atoms with Gasteiger partial charge in [0, 0.05) is 10.6 Å². The Hall–Kier alpha value is -2.08. The Kier molecular flexibility index (Phi) is 5.32. The molecule has 0 spiro atoms. The Bertz CT molecular complexity index is 826. The maximum atomic E-state index is 13.0. The van der Waals surface area contributed by atoms with Crippen molar-refractivity contribution in [2.75, 3.05) is 18.5 Å². The van der Waals surface area contributed by atoms with Crippen LogP contribution in [0.4, 0.5) is 5.69 Å². The number of carbonyl (C=O) groups is 3. The SMILES string of the molecule is CCOC(=O)c1cccc(NC(=O)CNC(=O)C23C[C@@H]4C[C@@H](CC(Cl)(C4)C2)C3)c1. The Morgan fingerprint density at radius 3 is 2.55 bits per heavy atom. The molecule has 7 heteroatoms. The van der Waals surface area contributed by atoms with Gasteiger partial charge in [0.25, 0.3) is 0 Å². The fourth-order valence-electron chi connectivity index (χ4n) is 5.91. The highest BCUT2D eigenvalue weighted by molar-refractivity contribution is 6.24. The lowest BCUT2D eigenvalue weighted by Crippen LogP contribution is -2.58. The summed E-state index contributed by atoms with van der Waals surface area (Å²) in [5, 5.41) is 5.56. The predicted octanol–water partition coefficient (Wildman–Crippen LogP) is 3.50. The van der Waals surface area contributed by atoms with Gasteiger partial charge in [-0.1, -0.05) is 6.07 Å². The largest absolute Gasteiger partial charge is 0.462 e. The zero-order chi connectivity index (χ0) is 20.6. The fraction of sp³-hybridized carbons (Fsp3) is 0.591. The minimum atomic E-state index is -0.436. The minimum absolute atomic E-state index is 0.0490. The van der Waals surface area contributed by atoms with Gasteiger partial charge in [0.2, 0.25) is 11.8 Å². The van der Waals surface area contributed by atoms with E-state index in [-0.39, 0.29) is 29.8 Å². The summed E-state index contributed by atoms with van der Waals surface area (Å²) in [5.41, 5.74) is 0.439. The third-order valence-corrected chi connectivity index (χ3v) is 6.98. The van der Waals surface area contributed by atoms with Crippen LogP contribution in [0.1, 0.15) is 55.8 Å². The maximum Gasteiger partial charge on any atom is 0.338 e. The van der Waals surface area contributed by atoms with Crippen LogP contribution in [0.25, 0.3) is 0 Å². The van der Waals surface area contributed by atoms with Crippen LogP contribution in [0.3, 0.4) is 0 Å². The molecular weight excluding hydrogens is 392 g/mol. The highest BCUT2D eigenvalue weighted by Gasteiger charge is 2.60. The van der Waals surface area contributed by atoms with E-state index in [1.165, 1.54) is 6.42 Å². The standard InChI is InChI=1S/C22H27ClN2O4/c1-2-29-19(27)16-4-3-5-17(7-16)25-18(26)12-24-20(28)21-8-14-6-15(9-21)11-22(23,10-14)13-21/h3-5,7,14-15H,2,6,8-13H2,1H3,(H,24,28)(H,25,26)/t14-,15+,21?,22?. The highest BCUT2D eigenvalue weighted by atomic mass is 35.5. The second-order valence-electron chi connectivity index (χ2n) is 8.92. The van der Waals surface area contributed by atoms with Crippen LogP contribution >= 0.6 is 11.6 Å². The third kappa shape index (κ3) is 4.13. The Labute approximate surface area is 175 Å². The fourth-order valence-corrected chi connectivity index (χ4v) is 6.60. The van der Waals surface area contributed by atoms with Crippen molar-refractivity contribution in [2.24, 2.45) is 17.3 Å². The molecule has 2 N–H and O–H groups in total. The summed E-state index contributed by atoms with van der Waals surface area (Å²) in [6.45, 7) is 1.92. The molecule has 4 fully saturated rings. The van der Waals surface area contributed by atoms with Crippen molar-refractivity contribution < 1.29 is 19.1 Å². The second kappa shape index (κ2) is 7.63. The van der Waals surface area contributed by atoms with Gasteiger partial charge in [-0.25, -0.2) is 4.79 Å². The number of benzene rings is 1. The zero-order valence-corrected chi connectivity index (χ0v) is 17.4. The average molecular weight is 419 g/mol. The summed E-state index contributed by atoms with van der Waals surface area (Å²) in [6.07, 6.45) is 5.68. The molecule has 0 saturated heterocycles. The van der Waals surface area contributed by atoms with E-state index >= 15 is 0 Å². The smallest absolute Gasteiger partial charge is 0.338 e. The molecule has 0 heterocycles. The van der Waals surface area contributed by atoms with Crippen LogP contribution in [0, 0.1) is 17.3 Å². The topological polar surface area (TPSA) is 84.5 Å². The Balaban J connectivity index is 1.34. The highest BCUT2D eigenvalue weighted by Crippen LogP contribution is 2.63. The van der Waals surface area contributed by atoms with Crippen LogP contribution in [-0.4, -0.2) is 35.8 Å². The normalized spacial score (nSPS) is 31.9. The van der Waals surface area contributed by atoms with Gasteiger partial charge in [0.1, 0.15) is 0 Å². The average Bonchev–Trinajstić information content (AvgIpc) is 2.64. The zero-order valence-electron chi connectivity index (χ0n) is 16.6. The van der Waals surface area contributed by atoms with Crippen molar-refractivity contribution in [3.63, 3.8) is 0 Å². The number of esters is 1. The molecule has 4 aliphatic carbocycles. The van der Waals surface area contributed by atoms with Crippen LogP contribution in [0.2, 0.25) is 0 Å². The maximum absolute atomic E-state index is 13.0. The molecule has 4 saturated carbocycles. The summed E-state index contributed by atoms with van der Waals surface area (Å²) in [7, 11) is 0. The van der Waals surface area contributed by atoms with E-state index in [4.69, 9.17) is 16.3 Å². The van der Waals surface area contributed by atoms with E-state index in [0.29, 0.717) is 29.5 Å². The van der Waals surface area contributed by atoms with Crippen LogP contribution in [0.5, 0.6) is 0 Å². The van der Waals surface area contributed by atoms with E-state index in [1.54, 1.807) is 31.2 Å². The lowest BCUT2D eigenvalue weighted by atomic mass is 9.49. The first-order valence-electron chi connectivity index (χ1n) is 10.4. The predicted molar refractivity (Wildman–Crippen MR) is 110 cm³/mol. The van der Waals surface area contributed by atoms with Crippen LogP contribution < -0.4 is 10.6 Å². The molecule has 0 aliphatic heterocycles. The number of halogens is 1. The van der Waals surface area contributed by atoms with Gasteiger partial charge in [0.05, 0.1) is 24.1 Å². The number of nitrogens with one attached hydrogen (secondary N) is 2. The third-order valence-electron chi connectivity index (χ3n) is 6.54. The molecule has 4 aliphatic rings. The molecule has 6 nitrogen and oxygen atoms in total. The summed E-state index contributed by atoms with van der Waals surface area (Å²) in [4.78, 5) is 36.9. The molecule has 1 aromatic carbocycles. The molecular formula is C22H27ClN2O4.